The summed E-state index contributed by atoms with van der Waals surface area (Å²) in [6, 6.07) is 0. The molecule has 1 aliphatic heterocycles. The molecular formula is C5H10NO2S. The average Bonchev–Trinajstić information content (AvgIpc) is 1.78. The van der Waals surface area contributed by atoms with Crippen molar-refractivity contribution in [2.75, 3.05) is 25.9 Å². The zero-order valence-electron chi connectivity index (χ0n) is 5.37. The zero-order chi connectivity index (χ0) is 6.91. The lowest BCUT2D eigenvalue weighted by Gasteiger charge is -2.20. The average molecular weight is 148 g/mol. The second kappa shape index (κ2) is 2.27. The lowest BCUT2D eigenvalue weighted by Crippen LogP contribution is -2.34. The first-order valence-electron chi connectivity index (χ1n) is 2.85. The van der Waals surface area contributed by atoms with E-state index in [0.29, 0.717) is 13.1 Å². The van der Waals surface area contributed by atoms with Gasteiger partial charge in [0, 0.05) is 13.1 Å². The van der Waals surface area contributed by atoms with Gasteiger partial charge in [-0.1, -0.05) is 0 Å². The highest BCUT2D eigenvalue weighted by Gasteiger charge is 2.18. The Bertz CT molecular complexity index is 171. The summed E-state index contributed by atoms with van der Waals surface area (Å²) in [6.07, 6.45) is 0. The van der Waals surface area contributed by atoms with Crippen molar-refractivity contribution in [2.45, 2.75) is 0 Å². The summed E-state index contributed by atoms with van der Waals surface area (Å²) >= 11 is 0. The molecule has 0 unspecified atom stereocenters. The molecule has 9 heavy (non-hydrogen) atoms. The molecule has 0 aromatic heterocycles. The van der Waals surface area contributed by atoms with Gasteiger partial charge in [0.2, 0.25) is 0 Å². The Morgan fingerprint density at radius 3 is 2.56 bits per heavy atom. The summed E-state index contributed by atoms with van der Waals surface area (Å²) in [6.45, 7) is 1.24. The van der Waals surface area contributed by atoms with Gasteiger partial charge in [-0.15, -0.1) is 0 Å². The van der Waals surface area contributed by atoms with Gasteiger partial charge >= 0.3 is 0 Å². The molecule has 1 saturated heterocycles. The third kappa shape index (κ3) is 1.95. The van der Waals surface area contributed by atoms with E-state index in [4.69, 9.17) is 0 Å². The SMILES string of the molecule is CN1C[CH]S(=O)(=O)CC1. The molecule has 0 bridgehead atoms. The van der Waals surface area contributed by atoms with Crippen LogP contribution in [0.25, 0.3) is 0 Å². The van der Waals surface area contributed by atoms with Gasteiger partial charge in [0.15, 0.2) is 9.84 Å². The van der Waals surface area contributed by atoms with Gasteiger partial charge in [0.1, 0.15) is 0 Å². The minimum Gasteiger partial charge on any atom is -0.304 e. The second-order valence-electron chi connectivity index (χ2n) is 2.30. The highest BCUT2D eigenvalue weighted by atomic mass is 32.2. The van der Waals surface area contributed by atoms with E-state index in [-0.39, 0.29) is 5.75 Å². The van der Waals surface area contributed by atoms with E-state index in [2.05, 4.69) is 0 Å². The molecule has 4 heteroatoms. The van der Waals surface area contributed by atoms with Crippen molar-refractivity contribution in [3.05, 3.63) is 5.75 Å². The molecule has 0 atom stereocenters. The van der Waals surface area contributed by atoms with E-state index in [1.807, 2.05) is 11.9 Å². The molecule has 0 N–H and O–H groups in total. The van der Waals surface area contributed by atoms with Crippen molar-refractivity contribution >= 4 is 9.84 Å². The second-order valence-corrected chi connectivity index (χ2v) is 4.36. The Morgan fingerprint density at radius 1 is 1.56 bits per heavy atom. The summed E-state index contributed by atoms with van der Waals surface area (Å²) in [5.74, 6) is 1.65. The van der Waals surface area contributed by atoms with Gasteiger partial charge < -0.3 is 4.90 Å². The number of sulfone groups is 1. The number of hydrogen-bond acceptors (Lipinski definition) is 3. The van der Waals surface area contributed by atoms with Crippen LogP contribution in [0.15, 0.2) is 0 Å². The molecule has 0 aliphatic carbocycles. The third-order valence-corrected chi connectivity index (χ3v) is 2.81. The van der Waals surface area contributed by atoms with Gasteiger partial charge in [-0.2, -0.15) is 0 Å². The van der Waals surface area contributed by atoms with Crippen LogP contribution in [0.3, 0.4) is 0 Å². The standard InChI is InChI=1S/C5H10NO2S/c1-6-2-4-9(7,8)5-3-6/h4H,2-3,5H2,1H3. The van der Waals surface area contributed by atoms with E-state index in [1.165, 1.54) is 5.75 Å². The molecule has 1 fully saturated rings. The number of rotatable bonds is 0. The molecule has 53 valence electrons. The first kappa shape index (κ1) is 7.02. The lowest BCUT2D eigenvalue weighted by molar-refractivity contribution is 0.375. The molecular weight excluding hydrogens is 138 g/mol. The van der Waals surface area contributed by atoms with Gasteiger partial charge in [-0.3, -0.25) is 0 Å². The van der Waals surface area contributed by atoms with Gasteiger partial charge in [-0.05, 0) is 7.05 Å². The lowest BCUT2D eigenvalue weighted by atomic mass is 10.6. The maximum Gasteiger partial charge on any atom is 0.157 e. The predicted molar refractivity (Wildman–Crippen MR) is 35.6 cm³/mol. The summed E-state index contributed by atoms with van der Waals surface area (Å²) < 4.78 is 21.4. The summed E-state index contributed by atoms with van der Waals surface area (Å²) in [5, 5.41) is 0. The molecule has 0 amide bonds. The smallest absolute Gasteiger partial charge is 0.157 e. The molecule has 0 aromatic carbocycles. The van der Waals surface area contributed by atoms with Crippen molar-refractivity contribution in [3.8, 4) is 0 Å². The monoisotopic (exact) mass is 148 g/mol. The van der Waals surface area contributed by atoms with Crippen molar-refractivity contribution in [1.82, 2.24) is 4.90 Å². The maximum atomic E-state index is 10.7. The minimum atomic E-state index is -2.78. The number of nitrogens with zero attached hydrogens (tertiary/aromatic N) is 1. The maximum absolute atomic E-state index is 10.7. The van der Waals surface area contributed by atoms with Crippen LogP contribution in [0.1, 0.15) is 0 Å². The Kier molecular flexibility index (Phi) is 1.77. The van der Waals surface area contributed by atoms with Crippen LogP contribution in [-0.4, -0.2) is 39.2 Å². The first-order valence-corrected chi connectivity index (χ1v) is 4.56. The highest BCUT2D eigenvalue weighted by molar-refractivity contribution is 7.93. The molecule has 1 radical (unpaired) electrons. The Morgan fingerprint density at radius 2 is 2.22 bits per heavy atom. The Hall–Kier alpha value is -0.0900. The fraction of sp³-hybridized carbons (Fsp3) is 0.800. The topological polar surface area (TPSA) is 37.4 Å². The Balaban J connectivity index is 2.55. The first-order chi connectivity index (χ1) is 4.10. The van der Waals surface area contributed by atoms with Gasteiger partial charge in [-0.25, -0.2) is 8.42 Å². The quantitative estimate of drug-likeness (QED) is 0.465. The van der Waals surface area contributed by atoms with E-state index in [0.717, 1.165) is 0 Å². The molecule has 0 saturated carbocycles. The van der Waals surface area contributed by atoms with Crippen LogP contribution in [0.5, 0.6) is 0 Å². The van der Waals surface area contributed by atoms with E-state index in [1.54, 1.807) is 0 Å². The molecule has 1 aliphatic rings. The van der Waals surface area contributed by atoms with Crippen LogP contribution in [-0.2, 0) is 9.84 Å². The van der Waals surface area contributed by atoms with Crippen LogP contribution in [0.4, 0.5) is 0 Å². The fourth-order valence-electron chi connectivity index (χ4n) is 0.699. The van der Waals surface area contributed by atoms with Crippen LogP contribution in [0.2, 0.25) is 0 Å². The summed E-state index contributed by atoms with van der Waals surface area (Å²) in [4.78, 5) is 1.97. The molecule has 1 heterocycles. The van der Waals surface area contributed by atoms with E-state index >= 15 is 0 Å². The van der Waals surface area contributed by atoms with Gasteiger partial charge in [0.25, 0.3) is 0 Å². The highest BCUT2D eigenvalue weighted by Crippen LogP contribution is 2.04. The summed E-state index contributed by atoms with van der Waals surface area (Å²) in [5.41, 5.74) is 0. The minimum absolute atomic E-state index is 0.281. The molecule has 1 rings (SSSR count). The predicted octanol–water partition coefficient (Wildman–Crippen LogP) is -0.492. The normalized spacial score (nSPS) is 28.1. The van der Waals surface area contributed by atoms with Crippen molar-refractivity contribution < 1.29 is 8.42 Å². The van der Waals surface area contributed by atoms with Crippen molar-refractivity contribution in [1.29, 1.82) is 0 Å². The molecule has 0 spiro atoms. The van der Waals surface area contributed by atoms with Crippen molar-refractivity contribution in [2.24, 2.45) is 0 Å². The van der Waals surface area contributed by atoms with Crippen LogP contribution in [0, 0.1) is 5.75 Å². The van der Waals surface area contributed by atoms with E-state index < -0.39 is 9.84 Å². The summed E-state index contributed by atoms with van der Waals surface area (Å²) in [7, 11) is -0.874. The van der Waals surface area contributed by atoms with Gasteiger partial charge in [0.05, 0.1) is 11.5 Å². The fourth-order valence-corrected chi connectivity index (χ4v) is 1.91. The Labute approximate surface area is 55.6 Å². The van der Waals surface area contributed by atoms with Crippen LogP contribution < -0.4 is 0 Å². The van der Waals surface area contributed by atoms with Crippen molar-refractivity contribution in [3.63, 3.8) is 0 Å². The molecule has 0 aromatic rings. The molecule has 3 nitrogen and oxygen atoms in total. The zero-order valence-corrected chi connectivity index (χ0v) is 6.19. The van der Waals surface area contributed by atoms with E-state index in [9.17, 15) is 8.42 Å². The number of hydrogen-bond donors (Lipinski definition) is 0. The third-order valence-electron chi connectivity index (χ3n) is 1.40. The van der Waals surface area contributed by atoms with Crippen LogP contribution >= 0.6 is 0 Å². The largest absolute Gasteiger partial charge is 0.304 e.